The third-order valence-electron chi connectivity index (χ3n) is 2.26. The monoisotopic (exact) mass is 213 g/mol. The molecule has 0 saturated heterocycles. The van der Waals surface area contributed by atoms with E-state index in [4.69, 9.17) is 4.74 Å². The lowest BCUT2D eigenvalue weighted by molar-refractivity contribution is 0.134. The number of ether oxygens (including phenoxy) is 1. The third kappa shape index (κ3) is 13.7. The van der Waals surface area contributed by atoms with Crippen molar-refractivity contribution >= 4 is 0 Å². The van der Waals surface area contributed by atoms with Crippen molar-refractivity contribution < 1.29 is 4.74 Å². The van der Waals surface area contributed by atoms with Gasteiger partial charge in [0.15, 0.2) is 0 Å². The Labute approximate surface area is 95.1 Å². The van der Waals surface area contributed by atoms with Gasteiger partial charge in [0, 0.05) is 13.2 Å². The van der Waals surface area contributed by atoms with Gasteiger partial charge in [-0.05, 0) is 38.1 Å². The maximum absolute atomic E-state index is 5.45. The van der Waals surface area contributed by atoms with Crippen LogP contribution in [0.15, 0.2) is 12.7 Å². The van der Waals surface area contributed by atoms with E-state index in [0.717, 1.165) is 45.1 Å². The molecular weight excluding hydrogens is 186 g/mol. The summed E-state index contributed by atoms with van der Waals surface area (Å²) in [6.45, 7) is 12.0. The van der Waals surface area contributed by atoms with Gasteiger partial charge < -0.3 is 10.1 Å². The van der Waals surface area contributed by atoms with Gasteiger partial charge in [-0.2, -0.15) is 0 Å². The average molecular weight is 213 g/mol. The van der Waals surface area contributed by atoms with E-state index >= 15 is 0 Å². The fourth-order valence-electron chi connectivity index (χ4n) is 1.34. The maximum atomic E-state index is 5.45. The Bertz CT molecular complexity index is 134. The average Bonchev–Trinajstić information content (AvgIpc) is 2.20. The fourth-order valence-corrected chi connectivity index (χ4v) is 1.34. The molecule has 1 N–H and O–H groups in total. The first-order valence-corrected chi connectivity index (χ1v) is 6.16. The lowest BCUT2D eigenvalue weighted by Crippen LogP contribution is -2.21. The SMILES string of the molecule is C=CCCCOCCNCCCC(C)C. The minimum absolute atomic E-state index is 0.821. The molecule has 2 heteroatoms. The fraction of sp³-hybridized carbons (Fsp3) is 0.846. The molecule has 0 saturated carbocycles. The van der Waals surface area contributed by atoms with E-state index in [1.807, 2.05) is 6.08 Å². The Balaban J connectivity index is 2.89. The van der Waals surface area contributed by atoms with Gasteiger partial charge in [0.2, 0.25) is 0 Å². The molecule has 0 fully saturated rings. The quantitative estimate of drug-likeness (QED) is 0.421. The Hall–Kier alpha value is -0.340. The molecule has 0 aliphatic heterocycles. The Morgan fingerprint density at radius 2 is 2.00 bits per heavy atom. The summed E-state index contributed by atoms with van der Waals surface area (Å²) in [6, 6.07) is 0. The van der Waals surface area contributed by atoms with Crippen LogP contribution in [0.2, 0.25) is 0 Å². The molecule has 2 nitrogen and oxygen atoms in total. The lowest BCUT2D eigenvalue weighted by atomic mass is 10.1. The minimum atomic E-state index is 0.821. The Morgan fingerprint density at radius 1 is 1.20 bits per heavy atom. The van der Waals surface area contributed by atoms with Crippen LogP contribution in [0, 0.1) is 5.92 Å². The molecular formula is C13H27NO. The number of nitrogens with one attached hydrogen (secondary N) is 1. The smallest absolute Gasteiger partial charge is 0.0590 e. The number of rotatable bonds is 11. The Morgan fingerprint density at radius 3 is 2.67 bits per heavy atom. The van der Waals surface area contributed by atoms with Crippen molar-refractivity contribution in [1.29, 1.82) is 0 Å². The zero-order valence-electron chi connectivity index (χ0n) is 10.4. The van der Waals surface area contributed by atoms with Crippen LogP contribution in [-0.2, 0) is 4.74 Å². The summed E-state index contributed by atoms with van der Waals surface area (Å²) in [4.78, 5) is 0. The van der Waals surface area contributed by atoms with Crippen molar-refractivity contribution in [2.24, 2.45) is 5.92 Å². The van der Waals surface area contributed by atoms with E-state index in [0.29, 0.717) is 0 Å². The zero-order chi connectivity index (χ0) is 11.4. The first-order valence-electron chi connectivity index (χ1n) is 6.16. The van der Waals surface area contributed by atoms with Gasteiger partial charge in [0.05, 0.1) is 6.61 Å². The highest BCUT2D eigenvalue weighted by Gasteiger charge is 1.93. The molecule has 0 rings (SSSR count). The molecule has 0 spiro atoms. The van der Waals surface area contributed by atoms with Crippen molar-refractivity contribution in [3.8, 4) is 0 Å². The van der Waals surface area contributed by atoms with Gasteiger partial charge in [0.1, 0.15) is 0 Å². The predicted molar refractivity (Wildman–Crippen MR) is 67.2 cm³/mol. The maximum Gasteiger partial charge on any atom is 0.0590 e. The molecule has 0 aromatic rings. The highest BCUT2D eigenvalue weighted by atomic mass is 16.5. The van der Waals surface area contributed by atoms with E-state index < -0.39 is 0 Å². The van der Waals surface area contributed by atoms with Crippen LogP contribution in [0.25, 0.3) is 0 Å². The predicted octanol–water partition coefficient (Wildman–Crippen LogP) is 3.00. The number of allylic oxidation sites excluding steroid dienone is 1. The van der Waals surface area contributed by atoms with E-state index in [-0.39, 0.29) is 0 Å². The van der Waals surface area contributed by atoms with Gasteiger partial charge in [-0.3, -0.25) is 0 Å². The number of hydrogen-bond donors (Lipinski definition) is 1. The van der Waals surface area contributed by atoms with Crippen LogP contribution in [0.5, 0.6) is 0 Å². The Kier molecular flexibility index (Phi) is 11.5. The molecule has 0 radical (unpaired) electrons. The summed E-state index contributed by atoms with van der Waals surface area (Å²) in [5.74, 6) is 0.821. The van der Waals surface area contributed by atoms with Crippen LogP contribution < -0.4 is 5.32 Å². The first-order chi connectivity index (χ1) is 7.27. The summed E-state index contributed by atoms with van der Waals surface area (Å²) in [5.41, 5.74) is 0. The van der Waals surface area contributed by atoms with Crippen LogP contribution in [-0.4, -0.2) is 26.3 Å². The van der Waals surface area contributed by atoms with E-state index in [1.54, 1.807) is 0 Å². The summed E-state index contributed by atoms with van der Waals surface area (Å²) in [7, 11) is 0. The van der Waals surface area contributed by atoms with Gasteiger partial charge in [0.25, 0.3) is 0 Å². The third-order valence-corrected chi connectivity index (χ3v) is 2.26. The van der Waals surface area contributed by atoms with Crippen molar-refractivity contribution in [3.63, 3.8) is 0 Å². The zero-order valence-corrected chi connectivity index (χ0v) is 10.4. The van der Waals surface area contributed by atoms with Crippen LogP contribution in [0.1, 0.15) is 39.5 Å². The van der Waals surface area contributed by atoms with Crippen LogP contribution >= 0.6 is 0 Å². The van der Waals surface area contributed by atoms with Crippen LogP contribution in [0.3, 0.4) is 0 Å². The molecule has 0 aliphatic carbocycles. The molecule has 0 aliphatic rings. The van der Waals surface area contributed by atoms with Gasteiger partial charge in [-0.1, -0.05) is 19.9 Å². The van der Waals surface area contributed by atoms with Gasteiger partial charge >= 0.3 is 0 Å². The normalized spacial score (nSPS) is 10.9. The molecule has 0 aromatic carbocycles. The first kappa shape index (κ1) is 14.7. The highest BCUT2D eigenvalue weighted by Crippen LogP contribution is 2.01. The van der Waals surface area contributed by atoms with E-state index in [1.165, 1.54) is 12.8 Å². The number of unbranched alkanes of at least 4 members (excludes halogenated alkanes) is 1. The van der Waals surface area contributed by atoms with Crippen molar-refractivity contribution in [3.05, 3.63) is 12.7 Å². The second kappa shape index (κ2) is 11.7. The van der Waals surface area contributed by atoms with E-state index in [9.17, 15) is 0 Å². The summed E-state index contributed by atoms with van der Waals surface area (Å²) in [6.07, 6.45) is 6.67. The lowest BCUT2D eigenvalue weighted by Gasteiger charge is -2.07. The minimum Gasteiger partial charge on any atom is -0.380 e. The molecule has 0 unspecified atom stereocenters. The molecule has 0 atom stereocenters. The van der Waals surface area contributed by atoms with E-state index in [2.05, 4.69) is 25.7 Å². The summed E-state index contributed by atoms with van der Waals surface area (Å²) < 4.78 is 5.45. The number of hydrogen-bond acceptors (Lipinski definition) is 2. The molecule has 0 amide bonds. The van der Waals surface area contributed by atoms with Gasteiger partial charge in [-0.25, -0.2) is 0 Å². The molecule has 0 heterocycles. The highest BCUT2D eigenvalue weighted by molar-refractivity contribution is 4.64. The van der Waals surface area contributed by atoms with Crippen molar-refractivity contribution in [2.75, 3.05) is 26.3 Å². The molecule has 90 valence electrons. The summed E-state index contributed by atoms with van der Waals surface area (Å²) in [5, 5.41) is 3.39. The van der Waals surface area contributed by atoms with Crippen molar-refractivity contribution in [2.45, 2.75) is 39.5 Å². The standard InChI is InChI=1S/C13H27NO/c1-4-5-6-11-15-12-10-14-9-7-8-13(2)3/h4,13-14H,1,5-12H2,2-3H3. The molecule has 0 bridgehead atoms. The molecule has 0 aromatic heterocycles. The van der Waals surface area contributed by atoms with Crippen molar-refractivity contribution in [1.82, 2.24) is 5.32 Å². The summed E-state index contributed by atoms with van der Waals surface area (Å²) >= 11 is 0. The second-order valence-corrected chi connectivity index (χ2v) is 4.33. The molecule has 15 heavy (non-hydrogen) atoms. The second-order valence-electron chi connectivity index (χ2n) is 4.33. The van der Waals surface area contributed by atoms with Crippen LogP contribution in [0.4, 0.5) is 0 Å². The largest absolute Gasteiger partial charge is 0.380 e. The van der Waals surface area contributed by atoms with Gasteiger partial charge in [-0.15, -0.1) is 6.58 Å². The topological polar surface area (TPSA) is 21.3 Å².